The van der Waals surface area contributed by atoms with Gasteiger partial charge in [0.2, 0.25) is 0 Å². The molecule has 3 nitrogen and oxygen atoms in total. The van der Waals surface area contributed by atoms with Crippen molar-refractivity contribution in [3.05, 3.63) is 29.8 Å². The Morgan fingerprint density at radius 3 is 2.75 bits per heavy atom. The Labute approximate surface area is 96.8 Å². The molecule has 1 N–H and O–H groups in total. The summed E-state index contributed by atoms with van der Waals surface area (Å²) in [6.07, 6.45) is -0.0517. The number of hydrogen-bond acceptors (Lipinski definition) is 3. The molecule has 1 aliphatic heterocycles. The third-order valence-corrected chi connectivity index (χ3v) is 2.83. The molecule has 88 valence electrons. The molecule has 16 heavy (non-hydrogen) atoms. The first-order valence-electron chi connectivity index (χ1n) is 5.60. The molecule has 1 aromatic carbocycles. The van der Waals surface area contributed by atoms with E-state index in [1.54, 1.807) is 7.11 Å². The lowest BCUT2D eigenvalue weighted by atomic mass is 9.93. The molecule has 2 rings (SSSR count). The smallest absolute Gasteiger partial charge is 0.137 e. The molecule has 0 aromatic heterocycles. The first-order chi connectivity index (χ1) is 7.62. The van der Waals surface area contributed by atoms with Crippen LogP contribution in [0.4, 0.5) is 0 Å². The average Bonchev–Trinajstić information content (AvgIpc) is 2.29. The Bertz CT molecular complexity index is 353. The summed E-state index contributed by atoms with van der Waals surface area (Å²) in [4.78, 5) is 0. The van der Waals surface area contributed by atoms with Crippen LogP contribution in [-0.2, 0) is 4.74 Å². The van der Waals surface area contributed by atoms with Gasteiger partial charge in [-0.3, -0.25) is 5.32 Å². The molecule has 0 aliphatic carbocycles. The van der Waals surface area contributed by atoms with Crippen LogP contribution in [-0.4, -0.2) is 20.3 Å². The normalized spacial score (nSPS) is 24.1. The van der Waals surface area contributed by atoms with Crippen molar-refractivity contribution in [2.24, 2.45) is 5.41 Å². The molecule has 3 heteroatoms. The van der Waals surface area contributed by atoms with E-state index < -0.39 is 0 Å². The maximum atomic E-state index is 5.83. The van der Waals surface area contributed by atoms with Gasteiger partial charge in [-0.15, -0.1) is 0 Å². The summed E-state index contributed by atoms with van der Waals surface area (Å²) in [7, 11) is 1.69. The van der Waals surface area contributed by atoms with Crippen LogP contribution in [0.15, 0.2) is 24.3 Å². The third kappa shape index (κ3) is 2.36. The van der Waals surface area contributed by atoms with E-state index in [9.17, 15) is 0 Å². The Morgan fingerprint density at radius 1 is 1.38 bits per heavy atom. The lowest BCUT2D eigenvalue weighted by Crippen LogP contribution is -2.43. The Morgan fingerprint density at radius 2 is 2.12 bits per heavy atom. The standard InChI is InChI=1S/C13H19NO2/c1-13(2)8-14-12(16-9-13)10-6-4-5-7-11(10)15-3/h4-7,12,14H,8-9H2,1-3H3. The molecule has 1 heterocycles. The molecule has 0 saturated carbocycles. The van der Waals surface area contributed by atoms with Crippen LogP contribution in [0, 0.1) is 5.41 Å². The third-order valence-electron chi connectivity index (χ3n) is 2.83. The second-order valence-corrected chi connectivity index (χ2v) is 4.98. The van der Waals surface area contributed by atoms with Gasteiger partial charge in [0.15, 0.2) is 0 Å². The van der Waals surface area contributed by atoms with Gasteiger partial charge in [0.05, 0.1) is 13.7 Å². The lowest BCUT2D eigenvalue weighted by Gasteiger charge is -2.36. The van der Waals surface area contributed by atoms with Gasteiger partial charge in [-0.05, 0) is 6.07 Å². The van der Waals surface area contributed by atoms with Gasteiger partial charge in [0.1, 0.15) is 12.0 Å². The van der Waals surface area contributed by atoms with Crippen LogP contribution in [0.3, 0.4) is 0 Å². The summed E-state index contributed by atoms with van der Waals surface area (Å²) in [6, 6.07) is 7.96. The second-order valence-electron chi connectivity index (χ2n) is 4.98. The maximum Gasteiger partial charge on any atom is 0.137 e. The van der Waals surface area contributed by atoms with E-state index in [1.165, 1.54) is 0 Å². The molecule has 0 radical (unpaired) electrons. The number of hydrogen-bond donors (Lipinski definition) is 1. The number of methoxy groups -OCH3 is 1. The minimum atomic E-state index is -0.0517. The second kappa shape index (κ2) is 4.44. The van der Waals surface area contributed by atoms with Gasteiger partial charge in [-0.25, -0.2) is 0 Å². The SMILES string of the molecule is COc1ccccc1C1NCC(C)(C)CO1. The van der Waals surface area contributed by atoms with E-state index in [0.29, 0.717) is 0 Å². The molecular formula is C13H19NO2. The average molecular weight is 221 g/mol. The number of benzene rings is 1. The Hall–Kier alpha value is -1.06. The molecule has 1 aliphatic rings. The molecule has 1 unspecified atom stereocenters. The minimum Gasteiger partial charge on any atom is -0.496 e. The summed E-state index contributed by atoms with van der Waals surface area (Å²) < 4.78 is 11.2. The Kier molecular flexibility index (Phi) is 3.17. The minimum absolute atomic E-state index is 0.0517. The van der Waals surface area contributed by atoms with Crippen molar-refractivity contribution in [1.29, 1.82) is 0 Å². The highest BCUT2D eigenvalue weighted by Crippen LogP contribution is 2.31. The summed E-state index contributed by atoms with van der Waals surface area (Å²) in [5.41, 5.74) is 1.28. The van der Waals surface area contributed by atoms with Crippen molar-refractivity contribution in [1.82, 2.24) is 5.32 Å². The van der Waals surface area contributed by atoms with E-state index in [1.807, 2.05) is 24.3 Å². The van der Waals surface area contributed by atoms with Gasteiger partial charge in [-0.2, -0.15) is 0 Å². The predicted octanol–water partition coefficient (Wildman–Crippen LogP) is 2.34. The molecule has 1 saturated heterocycles. The largest absolute Gasteiger partial charge is 0.496 e. The van der Waals surface area contributed by atoms with E-state index in [4.69, 9.17) is 9.47 Å². The summed E-state index contributed by atoms with van der Waals surface area (Å²) in [5, 5.41) is 3.40. The Balaban J connectivity index is 2.14. The van der Waals surface area contributed by atoms with Crippen LogP contribution in [0.1, 0.15) is 25.6 Å². The van der Waals surface area contributed by atoms with Crippen LogP contribution in [0.25, 0.3) is 0 Å². The van der Waals surface area contributed by atoms with Crippen molar-refractivity contribution >= 4 is 0 Å². The molecule has 1 fully saturated rings. The predicted molar refractivity (Wildman–Crippen MR) is 63.5 cm³/mol. The zero-order valence-corrected chi connectivity index (χ0v) is 10.1. The van der Waals surface area contributed by atoms with Gasteiger partial charge < -0.3 is 9.47 Å². The van der Waals surface area contributed by atoms with E-state index >= 15 is 0 Å². The van der Waals surface area contributed by atoms with Crippen LogP contribution in [0.2, 0.25) is 0 Å². The van der Waals surface area contributed by atoms with Gasteiger partial charge in [-0.1, -0.05) is 32.0 Å². The highest BCUT2D eigenvalue weighted by molar-refractivity contribution is 5.35. The lowest BCUT2D eigenvalue weighted by molar-refractivity contribution is -0.0603. The zero-order chi connectivity index (χ0) is 11.6. The summed E-state index contributed by atoms with van der Waals surface area (Å²) in [6.45, 7) is 6.11. The van der Waals surface area contributed by atoms with Crippen molar-refractivity contribution in [2.45, 2.75) is 20.1 Å². The first kappa shape index (κ1) is 11.4. The monoisotopic (exact) mass is 221 g/mol. The van der Waals surface area contributed by atoms with Crippen molar-refractivity contribution in [2.75, 3.05) is 20.3 Å². The van der Waals surface area contributed by atoms with Crippen LogP contribution < -0.4 is 10.1 Å². The first-order valence-corrected chi connectivity index (χ1v) is 5.60. The highest BCUT2D eigenvalue weighted by atomic mass is 16.5. The van der Waals surface area contributed by atoms with E-state index in [0.717, 1.165) is 24.5 Å². The van der Waals surface area contributed by atoms with E-state index in [-0.39, 0.29) is 11.6 Å². The highest BCUT2D eigenvalue weighted by Gasteiger charge is 2.28. The van der Waals surface area contributed by atoms with Crippen LogP contribution >= 0.6 is 0 Å². The molecule has 0 amide bonds. The molecule has 0 spiro atoms. The van der Waals surface area contributed by atoms with Gasteiger partial charge >= 0.3 is 0 Å². The van der Waals surface area contributed by atoms with Gasteiger partial charge in [0, 0.05) is 17.5 Å². The van der Waals surface area contributed by atoms with Crippen molar-refractivity contribution in [3.63, 3.8) is 0 Å². The molecule has 0 bridgehead atoms. The van der Waals surface area contributed by atoms with Crippen LogP contribution in [0.5, 0.6) is 5.75 Å². The van der Waals surface area contributed by atoms with Crippen molar-refractivity contribution in [3.8, 4) is 5.75 Å². The molecular weight excluding hydrogens is 202 g/mol. The number of para-hydroxylation sites is 1. The maximum absolute atomic E-state index is 5.83. The van der Waals surface area contributed by atoms with E-state index in [2.05, 4.69) is 19.2 Å². The summed E-state index contributed by atoms with van der Waals surface area (Å²) in [5.74, 6) is 0.875. The molecule has 1 atom stereocenters. The number of ether oxygens (including phenoxy) is 2. The summed E-state index contributed by atoms with van der Waals surface area (Å²) >= 11 is 0. The number of nitrogens with one attached hydrogen (secondary N) is 1. The van der Waals surface area contributed by atoms with Crippen molar-refractivity contribution < 1.29 is 9.47 Å². The molecule has 1 aromatic rings. The fourth-order valence-corrected chi connectivity index (χ4v) is 1.87. The fraction of sp³-hybridized carbons (Fsp3) is 0.538. The topological polar surface area (TPSA) is 30.5 Å². The van der Waals surface area contributed by atoms with Gasteiger partial charge in [0.25, 0.3) is 0 Å². The quantitative estimate of drug-likeness (QED) is 0.831. The fourth-order valence-electron chi connectivity index (χ4n) is 1.87. The zero-order valence-electron chi connectivity index (χ0n) is 10.1. The number of rotatable bonds is 2.